The molecule has 2 unspecified atom stereocenters. The summed E-state index contributed by atoms with van der Waals surface area (Å²) < 4.78 is 29.6. The van der Waals surface area contributed by atoms with Crippen LogP contribution in [0, 0.1) is 0 Å². The molecule has 1 heterocycles. The van der Waals surface area contributed by atoms with E-state index < -0.39 is 10.2 Å². The summed E-state index contributed by atoms with van der Waals surface area (Å²) in [6.07, 6.45) is 5.52. The summed E-state index contributed by atoms with van der Waals surface area (Å²) in [5, 5.41) is 3.47. The van der Waals surface area contributed by atoms with Gasteiger partial charge in [0.25, 0.3) is 10.2 Å². The van der Waals surface area contributed by atoms with Crippen LogP contribution in [-0.2, 0) is 10.2 Å². The predicted octanol–water partition coefficient (Wildman–Crippen LogP) is 0.377. The Morgan fingerprint density at radius 3 is 2.57 bits per heavy atom. The minimum Gasteiger partial charge on any atom is -0.312 e. The van der Waals surface area contributed by atoms with Crippen molar-refractivity contribution in [2.24, 2.45) is 0 Å². The number of nitrogens with zero attached hydrogens (tertiary/aromatic N) is 2. The number of piperidine rings is 1. The smallest absolute Gasteiger partial charge is 0.279 e. The molecule has 2 rings (SSSR count). The molecular formula is C14H30N4O2S. The molecule has 2 fully saturated rings. The monoisotopic (exact) mass is 318 g/mol. The van der Waals surface area contributed by atoms with Gasteiger partial charge in [-0.15, -0.1) is 0 Å². The van der Waals surface area contributed by atoms with Crippen LogP contribution < -0.4 is 10.0 Å². The van der Waals surface area contributed by atoms with Gasteiger partial charge in [0.1, 0.15) is 0 Å². The van der Waals surface area contributed by atoms with E-state index >= 15 is 0 Å². The zero-order valence-corrected chi connectivity index (χ0v) is 14.3. The Balaban J connectivity index is 1.90. The number of rotatable bonds is 8. The largest absolute Gasteiger partial charge is 0.312 e. The molecule has 1 aliphatic heterocycles. The highest BCUT2D eigenvalue weighted by molar-refractivity contribution is 7.87. The second-order valence-electron chi connectivity index (χ2n) is 6.61. The fourth-order valence-electron chi connectivity index (χ4n) is 2.58. The fourth-order valence-corrected chi connectivity index (χ4v) is 4.14. The van der Waals surface area contributed by atoms with Gasteiger partial charge in [0.05, 0.1) is 0 Å². The lowest BCUT2D eigenvalue weighted by Gasteiger charge is -2.35. The third-order valence-electron chi connectivity index (χ3n) is 4.54. The van der Waals surface area contributed by atoms with Gasteiger partial charge in [0.2, 0.25) is 0 Å². The normalized spacial score (nSPS) is 26.2. The average molecular weight is 318 g/mol. The van der Waals surface area contributed by atoms with E-state index in [9.17, 15) is 8.42 Å². The van der Waals surface area contributed by atoms with Gasteiger partial charge in [-0.05, 0) is 46.7 Å². The van der Waals surface area contributed by atoms with E-state index in [1.54, 1.807) is 4.31 Å². The Labute approximate surface area is 129 Å². The van der Waals surface area contributed by atoms with Crippen LogP contribution in [0.2, 0.25) is 0 Å². The Bertz CT molecular complexity index is 423. The highest BCUT2D eigenvalue weighted by atomic mass is 32.2. The summed E-state index contributed by atoms with van der Waals surface area (Å²) in [6, 6.07) is 0.914. The molecule has 1 saturated carbocycles. The van der Waals surface area contributed by atoms with Crippen molar-refractivity contribution < 1.29 is 8.42 Å². The van der Waals surface area contributed by atoms with Crippen molar-refractivity contribution in [2.75, 3.05) is 33.7 Å². The number of nitrogens with one attached hydrogen (secondary N) is 2. The van der Waals surface area contributed by atoms with E-state index in [0.717, 1.165) is 25.8 Å². The van der Waals surface area contributed by atoms with Crippen molar-refractivity contribution in [1.82, 2.24) is 19.2 Å². The van der Waals surface area contributed by atoms with E-state index in [-0.39, 0.29) is 12.1 Å². The first kappa shape index (κ1) is 17.1. The van der Waals surface area contributed by atoms with Crippen molar-refractivity contribution in [3.63, 3.8) is 0 Å². The molecule has 0 aromatic heterocycles. The van der Waals surface area contributed by atoms with Gasteiger partial charge in [-0.3, -0.25) is 0 Å². The van der Waals surface area contributed by atoms with Gasteiger partial charge in [-0.25, -0.2) is 4.72 Å². The van der Waals surface area contributed by atoms with Crippen LogP contribution in [0.15, 0.2) is 0 Å². The molecule has 1 aliphatic carbocycles. The molecule has 2 N–H and O–H groups in total. The molecule has 7 heteroatoms. The molecule has 0 aromatic carbocycles. The lowest BCUT2D eigenvalue weighted by Crippen LogP contribution is -2.54. The van der Waals surface area contributed by atoms with Gasteiger partial charge < -0.3 is 10.2 Å². The molecule has 6 nitrogen and oxygen atoms in total. The molecule has 0 aromatic rings. The molecule has 2 aliphatic rings. The Kier molecular flexibility index (Phi) is 6.02. The lowest BCUT2D eigenvalue weighted by atomic mass is 10.1. The van der Waals surface area contributed by atoms with Gasteiger partial charge in [-0.1, -0.05) is 6.42 Å². The zero-order chi connectivity index (χ0) is 15.5. The molecule has 21 heavy (non-hydrogen) atoms. The fraction of sp³-hybridized carbons (Fsp3) is 1.00. The maximum atomic E-state index is 12.6. The number of likely N-dealkylation sites (N-methyl/N-ethyl adjacent to an activating group) is 1. The highest BCUT2D eigenvalue weighted by Crippen LogP contribution is 2.22. The molecule has 0 amide bonds. The van der Waals surface area contributed by atoms with E-state index in [1.807, 2.05) is 25.9 Å². The Hall–Kier alpha value is -0.210. The molecule has 0 bridgehead atoms. The second-order valence-corrected chi connectivity index (χ2v) is 8.32. The molecule has 2 atom stereocenters. The Morgan fingerprint density at radius 1 is 1.24 bits per heavy atom. The average Bonchev–Trinajstić information content (AvgIpc) is 3.27. The summed E-state index contributed by atoms with van der Waals surface area (Å²) in [6.45, 7) is 3.90. The molecule has 0 radical (unpaired) electrons. The zero-order valence-electron chi connectivity index (χ0n) is 13.5. The SMILES string of the molecule is CC(CNS(=O)(=O)N1CCCCC1CNC1CC1)N(C)C. The maximum Gasteiger partial charge on any atom is 0.279 e. The van der Waals surface area contributed by atoms with Crippen molar-refractivity contribution in [3.05, 3.63) is 0 Å². The van der Waals surface area contributed by atoms with Crippen LogP contribution in [0.5, 0.6) is 0 Å². The molecular weight excluding hydrogens is 288 g/mol. The quantitative estimate of drug-likeness (QED) is 0.679. The topological polar surface area (TPSA) is 64.7 Å². The second kappa shape index (κ2) is 7.37. The van der Waals surface area contributed by atoms with E-state index in [0.29, 0.717) is 19.1 Å². The van der Waals surface area contributed by atoms with Crippen LogP contribution in [0.4, 0.5) is 0 Å². The first-order chi connectivity index (χ1) is 9.90. The molecule has 1 saturated heterocycles. The summed E-state index contributed by atoms with van der Waals surface area (Å²) in [4.78, 5) is 2.02. The van der Waals surface area contributed by atoms with E-state index in [1.165, 1.54) is 12.8 Å². The third kappa shape index (κ3) is 5.17. The van der Waals surface area contributed by atoms with Gasteiger partial charge in [0, 0.05) is 37.8 Å². The van der Waals surface area contributed by atoms with E-state index in [2.05, 4.69) is 10.0 Å². The van der Waals surface area contributed by atoms with Crippen molar-refractivity contribution in [1.29, 1.82) is 0 Å². The minimum absolute atomic E-state index is 0.103. The van der Waals surface area contributed by atoms with Crippen LogP contribution in [0.25, 0.3) is 0 Å². The van der Waals surface area contributed by atoms with Gasteiger partial charge in [-0.2, -0.15) is 12.7 Å². The third-order valence-corrected chi connectivity index (χ3v) is 6.17. The summed E-state index contributed by atoms with van der Waals surface area (Å²) in [7, 11) is 0.549. The number of hydrogen-bond acceptors (Lipinski definition) is 4. The van der Waals surface area contributed by atoms with Crippen molar-refractivity contribution in [3.8, 4) is 0 Å². The first-order valence-electron chi connectivity index (χ1n) is 8.06. The molecule has 0 spiro atoms. The lowest BCUT2D eigenvalue weighted by molar-refractivity contribution is 0.240. The minimum atomic E-state index is -3.37. The highest BCUT2D eigenvalue weighted by Gasteiger charge is 2.33. The number of hydrogen-bond donors (Lipinski definition) is 2. The van der Waals surface area contributed by atoms with Crippen molar-refractivity contribution in [2.45, 2.75) is 57.2 Å². The van der Waals surface area contributed by atoms with Gasteiger partial charge >= 0.3 is 0 Å². The van der Waals surface area contributed by atoms with Crippen LogP contribution in [0.1, 0.15) is 39.0 Å². The van der Waals surface area contributed by atoms with Crippen LogP contribution in [-0.4, -0.2) is 69.5 Å². The summed E-state index contributed by atoms with van der Waals surface area (Å²) >= 11 is 0. The van der Waals surface area contributed by atoms with Gasteiger partial charge in [0.15, 0.2) is 0 Å². The van der Waals surface area contributed by atoms with Crippen LogP contribution >= 0.6 is 0 Å². The maximum absolute atomic E-state index is 12.6. The first-order valence-corrected chi connectivity index (χ1v) is 9.50. The van der Waals surface area contributed by atoms with Crippen LogP contribution in [0.3, 0.4) is 0 Å². The summed E-state index contributed by atoms with van der Waals surface area (Å²) in [5.74, 6) is 0. The predicted molar refractivity (Wildman–Crippen MR) is 85.4 cm³/mol. The standard InChI is InChI=1S/C14H30N4O2S/c1-12(17(2)3)10-16-21(19,20)18-9-5-4-6-14(18)11-15-13-7-8-13/h12-16H,4-11H2,1-3H3. The molecule has 124 valence electrons. The van der Waals surface area contributed by atoms with Crippen molar-refractivity contribution >= 4 is 10.2 Å². The Morgan fingerprint density at radius 2 is 1.95 bits per heavy atom. The van der Waals surface area contributed by atoms with E-state index in [4.69, 9.17) is 0 Å². The summed E-state index contributed by atoms with van der Waals surface area (Å²) in [5.41, 5.74) is 0.